The summed E-state index contributed by atoms with van der Waals surface area (Å²) < 4.78 is 0. The van der Waals surface area contributed by atoms with E-state index in [1.165, 1.54) is 27.1 Å². The fourth-order valence-electron chi connectivity index (χ4n) is 6.34. The molecule has 0 heterocycles. The van der Waals surface area contributed by atoms with Crippen LogP contribution in [0.25, 0.3) is 55.1 Å². The molecular formula is C50H42N2. The molecule has 0 aliphatic carbocycles. The Morgan fingerprint density at radius 2 is 1.25 bits per heavy atom. The van der Waals surface area contributed by atoms with Crippen molar-refractivity contribution in [3.05, 3.63) is 218 Å². The smallest absolute Gasteiger partial charge is 0.0724 e. The predicted octanol–water partition coefficient (Wildman–Crippen LogP) is 13.6. The van der Waals surface area contributed by atoms with Crippen molar-refractivity contribution in [1.29, 1.82) is 0 Å². The van der Waals surface area contributed by atoms with Gasteiger partial charge in [0.1, 0.15) is 0 Å². The molecule has 0 spiro atoms. The van der Waals surface area contributed by atoms with Gasteiger partial charge in [0.25, 0.3) is 0 Å². The molecule has 0 N–H and O–H groups in total. The molecule has 0 saturated carbocycles. The number of nitrogens with zero attached hydrogens (tertiary/aromatic N) is 2. The molecule has 2 nitrogen and oxygen atoms in total. The Morgan fingerprint density at radius 3 is 1.98 bits per heavy atom. The first-order chi connectivity index (χ1) is 25.6. The third-order valence-corrected chi connectivity index (χ3v) is 8.92. The Kier molecular flexibility index (Phi) is 11.7. The predicted molar refractivity (Wildman–Crippen MR) is 229 cm³/mol. The summed E-state index contributed by atoms with van der Waals surface area (Å²) in [5.74, 6) is 0. The summed E-state index contributed by atoms with van der Waals surface area (Å²) in [7, 11) is 0. The van der Waals surface area contributed by atoms with Gasteiger partial charge in [-0.1, -0.05) is 158 Å². The van der Waals surface area contributed by atoms with Gasteiger partial charge < -0.3 is 0 Å². The number of hydrogen-bond acceptors (Lipinski definition) is 2. The molecule has 0 unspecified atom stereocenters. The highest BCUT2D eigenvalue weighted by molar-refractivity contribution is 6.16. The zero-order valence-corrected chi connectivity index (χ0v) is 29.8. The molecule has 0 atom stereocenters. The maximum atomic E-state index is 5.05. The first-order valence-electron chi connectivity index (χ1n) is 17.5. The molecule has 0 fully saturated rings. The summed E-state index contributed by atoms with van der Waals surface area (Å²) in [6.07, 6.45) is 21.7. The molecule has 0 amide bonds. The van der Waals surface area contributed by atoms with Gasteiger partial charge >= 0.3 is 0 Å². The van der Waals surface area contributed by atoms with Crippen molar-refractivity contribution in [3.8, 4) is 22.3 Å². The molecule has 0 saturated heterocycles. The fourth-order valence-corrected chi connectivity index (χ4v) is 6.34. The molecule has 252 valence electrons. The van der Waals surface area contributed by atoms with Crippen LogP contribution in [0.4, 0.5) is 0 Å². The van der Waals surface area contributed by atoms with Crippen molar-refractivity contribution in [2.24, 2.45) is 9.98 Å². The normalized spacial score (nSPS) is 13.0. The van der Waals surface area contributed by atoms with Gasteiger partial charge in [0.15, 0.2) is 0 Å². The van der Waals surface area contributed by atoms with Crippen LogP contribution in [-0.4, -0.2) is 12.4 Å². The molecule has 2 heteroatoms. The average Bonchev–Trinajstić information content (AvgIpc) is 3.20. The number of aliphatic imine (C=N–C) groups is 2. The molecule has 6 rings (SSSR count). The van der Waals surface area contributed by atoms with Gasteiger partial charge in [0.05, 0.1) is 11.4 Å². The second-order valence-electron chi connectivity index (χ2n) is 12.2. The molecule has 0 aromatic heterocycles. The molecule has 6 aromatic rings. The van der Waals surface area contributed by atoms with Gasteiger partial charge in [-0.2, -0.15) is 0 Å². The lowest BCUT2D eigenvalue weighted by atomic mass is 9.89. The van der Waals surface area contributed by atoms with E-state index in [0.717, 1.165) is 50.4 Å². The molecule has 0 aliphatic rings. The van der Waals surface area contributed by atoms with E-state index in [1.54, 1.807) is 6.08 Å². The zero-order chi connectivity index (χ0) is 36.1. The first kappa shape index (κ1) is 35.2. The largest absolute Gasteiger partial charge is 0.264 e. The van der Waals surface area contributed by atoms with Gasteiger partial charge in [-0.25, -0.2) is 0 Å². The van der Waals surface area contributed by atoms with E-state index in [1.807, 2.05) is 61.7 Å². The number of rotatable bonds is 12. The van der Waals surface area contributed by atoms with E-state index in [4.69, 9.17) is 4.99 Å². The number of allylic oxidation sites excluding steroid dienone is 11. The van der Waals surface area contributed by atoms with Crippen LogP contribution in [0.3, 0.4) is 0 Å². The summed E-state index contributed by atoms with van der Waals surface area (Å²) in [6.45, 7) is 12.0. The van der Waals surface area contributed by atoms with E-state index < -0.39 is 0 Å². The summed E-state index contributed by atoms with van der Waals surface area (Å²) in [4.78, 5) is 9.56. The van der Waals surface area contributed by atoms with Crippen LogP contribution in [-0.2, 0) is 0 Å². The molecular weight excluding hydrogens is 629 g/mol. The summed E-state index contributed by atoms with van der Waals surface area (Å²) in [6, 6.07) is 45.1. The lowest BCUT2D eigenvalue weighted by Gasteiger charge is -2.15. The minimum absolute atomic E-state index is 0.733. The van der Waals surface area contributed by atoms with E-state index in [-0.39, 0.29) is 0 Å². The van der Waals surface area contributed by atoms with Crippen molar-refractivity contribution in [1.82, 2.24) is 0 Å². The Labute approximate surface area is 307 Å². The lowest BCUT2D eigenvalue weighted by molar-refractivity contribution is 1.48. The quantitative estimate of drug-likeness (QED) is 0.0703. The van der Waals surface area contributed by atoms with Crippen LogP contribution < -0.4 is 0 Å². The summed E-state index contributed by atoms with van der Waals surface area (Å²) >= 11 is 0. The number of hydrogen-bond donors (Lipinski definition) is 0. The van der Waals surface area contributed by atoms with Gasteiger partial charge in [-0.05, 0) is 112 Å². The van der Waals surface area contributed by atoms with E-state index in [0.29, 0.717) is 0 Å². The maximum Gasteiger partial charge on any atom is 0.0724 e. The van der Waals surface area contributed by atoms with Crippen LogP contribution in [0.5, 0.6) is 0 Å². The Balaban J connectivity index is 1.57. The minimum atomic E-state index is 0.733. The Hall–Kier alpha value is -6.64. The third kappa shape index (κ3) is 8.21. The Morgan fingerprint density at radius 1 is 0.577 bits per heavy atom. The van der Waals surface area contributed by atoms with Gasteiger partial charge in [0, 0.05) is 17.3 Å². The van der Waals surface area contributed by atoms with Gasteiger partial charge in [0.2, 0.25) is 0 Å². The van der Waals surface area contributed by atoms with Crippen LogP contribution in [0.1, 0.15) is 30.5 Å². The van der Waals surface area contributed by atoms with E-state index >= 15 is 0 Å². The van der Waals surface area contributed by atoms with Crippen molar-refractivity contribution < 1.29 is 0 Å². The van der Waals surface area contributed by atoms with Crippen LogP contribution in [0.15, 0.2) is 211 Å². The standard InChI is InChI=1S/C50H42N2/c1-5-8-10-11-19-31-52-50(36-49(51-4)40-29-27-39(28-30-40)38-21-13-12-14-22-38)44-33-42(37(7-3)20-9-6-2)32-43(34-44)48-35-41-23-15-16-24-45(41)46-25-17-18-26-47(46)48/h5-36H,2,4H2,1,3H3/b8-5+,11-10-,20-9-,31-19-,37-7+,49-36-,52-50-. The van der Waals surface area contributed by atoms with Crippen molar-refractivity contribution in [2.75, 3.05) is 0 Å². The maximum absolute atomic E-state index is 5.05. The van der Waals surface area contributed by atoms with E-state index in [9.17, 15) is 0 Å². The third-order valence-electron chi connectivity index (χ3n) is 8.92. The molecule has 0 radical (unpaired) electrons. The summed E-state index contributed by atoms with van der Waals surface area (Å²) in [5.41, 5.74) is 10.1. The Bertz CT molecular complexity index is 2430. The van der Waals surface area contributed by atoms with Gasteiger partial charge in [-0.15, -0.1) is 0 Å². The number of fused-ring (bicyclic) bond motifs is 3. The highest BCUT2D eigenvalue weighted by Crippen LogP contribution is 2.37. The van der Waals surface area contributed by atoms with Crippen LogP contribution in [0.2, 0.25) is 0 Å². The fraction of sp³-hybridized carbons (Fsp3) is 0.0400. The summed E-state index contributed by atoms with van der Waals surface area (Å²) in [5, 5.41) is 4.86. The average molecular weight is 671 g/mol. The first-order valence-corrected chi connectivity index (χ1v) is 17.5. The molecule has 0 aliphatic heterocycles. The van der Waals surface area contributed by atoms with Crippen molar-refractivity contribution >= 4 is 45.2 Å². The minimum Gasteiger partial charge on any atom is -0.264 e. The zero-order valence-electron chi connectivity index (χ0n) is 29.8. The molecule has 6 aromatic carbocycles. The second kappa shape index (κ2) is 17.3. The van der Waals surface area contributed by atoms with E-state index in [2.05, 4.69) is 159 Å². The monoisotopic (exact) mass is 670 g/mol. The highest BCUT2D eigenvalue weighted by Gasteiger charge is 2.14. The SMILES string of the molecule is C=C/C=C\C(=C/C)c1cc(C(/C=C(\N=C)c2ccc(-c3ccccc3)cc2)=N\C=C/C=C\C=C\C)cc(-c2cc3ccccc3c3ccccc23)c1. The molecule has 52 heavy (non-hydrogen) atoms. The topological polar surface area (TPSA) is 24.7 Å². The number of benzene rings is 6. The van der Waals surface area contributed by atoms with Crippen molar-refractivity contribution in [2.45, 2.75) is 13.8 Å². The molecule has 0 bridgehead atoms. The van der Waals surface area contributed by atoms with Crippen LogP contribution in [0, 0.1) is 0 Å². The van der Waals surface area contributed by atoms with Crippen molar-refractivity contribution in [3.63, 3.8) is 0 Å². The second-order valence-corrected chi connectivity index (χ2v) is 12.2. The van der Waals surface area contributed by atoms with Gasteiger partial charge in [-0.3, -0.25) is 9.98 Å². The highest BCUT2D eigenvalue weighted by atomic mass is 14.7. The lowest BCUT2D eigenvalue weighted by Crippen LogP contribution is -2.01. The van der Waals surface area contributed by atoms with Crippen LogP contribution >= 0.6 is 0 Å².